The van der Waals surface area contributed by atoms with Gasteiger partial charge in [0.05, 0.1) is 13.2 Å². The van der Waals surface area contributed by atoms with Gasteiger partial charge in [-0.3, -0.25) is 0 Å². The van der Waals surface area contributed by atoms with Crippen LogP contribution in [0.2, 0.25) is 0 Å². The molecule has 0 aliphatic heterocycles. The first kappa shape index (κ1) is 13.7. The molecule has 0 saturated heterocycles. The van der Waals surface area contributed by atoms with Crippen molar-refractivity contribution in [2.45, 2.75) is 33.6 Å². The Bertz CT molecular complexity index is 138. The lowest BCUT2D eigenvalue weighted by molar-refractivity contribution is 0.140. The highest BCUT2D eigenvalue weighted by atomic mass is 16.5. The van der Waals surface area contributed by atoms with Crippen LogP contribution in [-0.2, 0) is 4.74 Å². The molecule has 0 radical (unpaired) electrons. The van der Waals surface area contributed by atoms with E-state index < -0.39 is 0 Å². The van der Waals surface area contributed by atoms with E-state index in [0.29, 0.717) is 5.41 Å². The largest absolute Gasteiger partial charge is 0.380 e. The highest BCUT2D eigenvalue weighted by molar-refractivity contribution is 4.65. The normalized spacial score (nSPS) is 11.6. The van der Waals surface area contributed by atoms with Crippen molar-refractivity contribution in [3.63, 3.8) is 0 Å². The molecule has 0 saturated carbocycles. The maximum atomic E-state index is 5.37. The fraction of sp³-hybridized carbons (Fsp3) is 0.833. The molecular weight excluding hydrogens is 174 g/mol. The van der Waals surface area contributed by atoms with Crippen LogP contribution in [0.15, 0.2) is 12.7 Å². The van der Waals surface area contributed by atoms with Gasteiger partial charge in [0.25, 0.3) is 0 Å². The van der Waals surface area contributed by atoms with Gasteiger partial charge in [0, 0.05) is 6.54 Å². The summed E-state index contributed by atoms with van der Waals surface area (Å²) in [4.78, 5) is 0. The Morgan fingerprint density at radius 1 is 1.21 bits per heavy atom. The minimum absolute atomic E-state index is 0.427. The lowest BCUT2D eigenvalue weighted by atomic mass is 9.92. The predicted molar refractivity (Wildman–Crippen MR) is 62.6 cm³/mol. The molecule has 0 spiro atoms. The molecule has 14 heavy (non-hydrogen) atoms. The second-order valence-electron chi connectivity index (χ2n) is 4.75. The van der Waals surface area contributed by atoms with Crippen LogP contribution in [0.1, 0.15) is 33.6 Å². The Morgan fingerprint density at radius 3 is 2.50 bits per heavy atom. The molecule has 0 aromatic heterocycles. The average Bonchev–Trinajstić information content (AvgIpc) is 2.08. The van der Waals surface area contributed by atoms with Crippen molar-refractivity contribution in [3.05, 3.63) is 12.7 Å². The van der Waals surface area contributed by atoms with Crippen molar-refractivity contribution in [1.82, 2.24) is 5.32 Å². The van der Waals surface area contributed by atoms with Crippen LogP contribution in [0.25, 0.3) is 0 Å². The molecule has 0 heterocycles. The molecule has 0 fully saturated rings. The Balaban J connectivity index is 3.03. The summed E-state index contributed by atoms with van der Waals surface area (Å²) >= 11 is 0. The molecule has 0 aliphatic carbocycles. The number of ether oxygens (including phenoxy) is 1. The van der Waals surface area contributed by atoms with Gasteiger partial charge in [-0.05, 0) is 24.8 Å². The van der Waals surface area contributed by atoms with Crippen molar-refractivity contribution in [2.75, 3.05) is 26.3 Å². The second-order valence-corrected chi connectivity index (χ2v) is 4.75. The van der Waals surface area contributed by atoms with Crippen molar-refractivity contribution in [1.29, 1.82) is 0 Å². The zero-order chi connectivity index (χ0) is 10.9. The fourth-order valence-electron chi connectivity index (χ4n) is 1.00. The molecule has 2 heteroatoms. The van der Waals surface area contributed by atoms with Crippen molar-refractivity contribution in [2.24, 2.45) is 5.41 Å². The van der Waals surface area contributed by atoms with E-state index in [0.717, 1.165) is 32.7 Å². The number of rotatable bonds is 8. The zero-order valence-corrected chi connectivity index (χ0v) is 9.94. The molecule has 0 rings (SSSR count). The number of nitrogens with one attached hydrogen (secondary N) is 1. The molecule has 2 nitrogen and oxygen atoms in total. The van der Waals surface area contributed by atoms with E-state index in [1.807, 2.05) is 6.08 Å². The van der Waals surface area contributed by atoms with E-state index in [2.05, 4.69) is 32.7 Å². The van der Waals surface area contributed by atoms with Gasteiger partial charge in [-0.1, -0.05) is 26.8 Å². The SMILES string of the molecule is C=CCCOCCNCCC(C)(C)C. The van der Waals surface area contributed by atoms with Crippen LogP contribution in [-0.4, -0.2) is 26.3 Å². The van der Waals surface area contributed by atoms with Crippen LogP contribution >= 0.6 is 0 Å². The Kier molecular flexibility index (Phi) is 7.81. The van der Waals surface area contributed by atoms with Crippen molar-refractivity contribution >= 4 is 0 Å². The van der Waals surface area contributed by atoms with Crippen LogP contribution in [0.3, 0.4) is 0 Å². The first-order valence-electron chi connectivity index (χ1n) is 5.45. The van der Waals surface area contributed by atoms with E-state index in [1.54, 1.807) is 0 Å². The first-order chi connectivity index (χ1) is 6.56. The summed E-state index contributed by atoms with van der Waals surface area (Å²) in [5.41, 5.74) is 0.427. The first-order valence-corrected chi connectivity index (χ1v) is 5.45. The Hall–Kier alpha value is -0.340. The van der Waals surface area contributed by atoms with Gasteiger partial charge < -0.3 is 10.1 Å². The van der Waals surface area contributed by atoms with Crippen molar-refractivity contribution < 1.29 is 4.74 Å². The highest BCUT2D eigenvalue weighted by Gasteiger charge is 2.08. The average molecular weight is 199 g/mol. The Labute approximate surface area is 88.7 Å². The van der Waals surface area contributed by atoms with Crippen molar-refractivity contribution in [3.8, 4) is 0 Å². The summed E-state index contributed by atoms with van der Waals surface area (Å²) in [5.74, 6) is 0. The molecule has 84 valence electrons. The van der Waals surface area contributed by atoms with Gasteiger partial charge in [-0.15, -0.1) is 6.58 Å². The van der Waals surface area contributed by atoms with Gasteiger partial charge >= 0.3 is 0 Å². The zero-order valence-electron chi connectivity index (χ0n) is 9.94. The monoisotopic (exact) mass is 199 g/mol. The predicted octanol–water partition coefficient (Wildman–Crippen LogP) is 2.60. The third-order valence-electron chi connectivity index (χ3n) is 1.94. The van der Waals surface area contributed by atoms with Crippen LogP contribution in [0.5, 0.6) is 0 Å². The van der Waals surface area contributed by atoms with Crippen LogP contribution < -0.4 is 5.32 Å². The van der Waals surface area contributed by atoms with Crippen LogP contribution in [0, 0.1) is 5.41 Å². The minimum Gasteiger partial charge on any atom is -0.380 e. The molecule has 0 amide bonds. The molecule has 1 N–H and O–H groups in total. The van der Waals surface area contributed by atoms with Gasteiger partial charge in [0.2, 0.25) is 0 Å². The van der Waals surface area contributed by atoms with Gasteiger partial charge in [-0.2, -0.15) is 0 Å². The summed E-state index contributed by atoms with van der Waals surface area (Å²) in [6.07, 6.45) is 4.04. The Morgan fingerprint density at radius 2 is 1.93 bits per heavy atom. The molecule has 0 atom stereocenters. The fourth-order valence-corrected chi connectivity index (χ4v) is 1.00. The lowest BCUT2D eigenvalue weighted by Gasteiger charge is -2.17. The molecule has 0 aliphatic rings. The molecule has 0 bridgehead atoms. The molecule has 0 aromatic carbocycles. The topological polar surface area (TPSA) is 21.3 Å². The van der Waals surface area contributed by atoms with E-state index in [-0.39, 0.29) is 0 Å². The maximum absolute atomic E-state index is 5.37. The summed E-state index contributed by atoms with van der Waals surface area (Å²) in [6.45, 7) is 14.0. The van der Waals surface area contributed by atoms with E-state index in [4.69, 9.17) is 4.74 Å². The summed E-state index contributed by atoms with van der Waals surface area (Å²) in [5, 5.41) is 3.37. The third kappa shape index (κ3) is 11.7. The quantitative estimate of drug-likeness (QED) is 0.479. The summed E-state index contributed by atoms with van der Waals surface area (Å²) in [6, 6.07) is 0. The molecule has 0 aromatic rings. The number of hydrogen-bond acceptors (Lipinski definition) is 2. The van der Waals surface area contributed by atoms with E-state index in [9.17, 15) is 0 Å². The van der Waals surface area contributed by atoms with Gasteiger partial charge in [-0.25, -0.2) is 0 Å². The lowest BCUT2D eigenvalue weighted by Crippen LogP contribution is -2.24. The van der Waals surface area contributed by atoms with Crippen LogP contribution in [0.4, 0.5) is 0 Å². The van der Waals surface area contributed by atoms with Gasteiger partial charge in [0.15, 0.2) is 0 Å². The number of hydrogen-bond donors (Lipinski definition) is 1. The maximum Gasteiger partial charge on any atom is 0.0591 e. The minimum atomic E-state index is 0.427. The van der Waals surface area contributed by atoms with E-state index >= 15 is 0 Å². The molecular formula is C12H25NO. The van der Waals surface area contributed by atoms with Gasteiger partial charge in [0.1, 0.15) is 0 Å². The summed E-state index contributed by atoms with van der Waals surface area (Å²) in [7, 11) is 0. The third-order valence-corrected chi connectivity index (χ3v) is 1.94. The molecule has 0 unspecified atom stereocenters. The standard InChI is InChI=1S/C12H25NO/c1-5-6-10-14-11-9-13-8-7-12(2,3)4/h5,13H,1,6-11H2,2-4H3. The smallest absolute Gasteiger partial charge is 0.0591 e. The van der Waals surface area contributed by atoms with E-state index in [1.165, 1.54) is 6.42 Å². The second kappa shape index (κ2) is 8.01. The summed E-state index contributed by atoms with van der Waals surface area (Å²) < 4.78 is 5.37. The highest BCUT2D eigenvalue weighted by Crippen LogP contribution is 2.16.